The van der Waals surface area contributed by atoms with Gasteiger partial charge in [-0.15, -0.1) is 0 Å². The van der Waals surface area contributed by atoms with Gasteiger partial charge in [-0.25, -0.2) is 12.8 Å². The van der Waals surface area contributed by atoms with Crippen LogP contribution in [0, 0.1) is 5.82 Å². The second kappa shape index (κ2) is 9.96. The molecule has 1 aromatic carbocycles. The summed E-state index contributed by atoms with van der Waals surface area (Å²) in [6.45, 7) is 4.89. The summed E-state index contributed by atoms with van der Waals surface area (Å²) in [4.78, 5) is 6.75. The van der Waals surface area contributed by atoms with Crippen LogP contribution in [-0.2, 0) is 22.9 Å². The maximum Gasteiger partial charge on any atom is 0.215 e. The van der Waals surface area contributed by atoms with Crippen molar-refractivity contribution < 1.29 is 12.8 Å². The second-order valence-corrected chi connectivity index (χ2v) is 9.92. The third-order valence-electron chi connectivity index (χ3n) is 5.76. The molecule has 0 bridgehead atoms. The number of benzene rings is 1. The Morgan fingerprint density at radius 1 is 1.13 bits per heavy atom. The Labute approximate surface area is 179 Å². The lowest BCUT2D eigenvalue weighted by Crippen LogP contribution is -2.67. The first-order valence-electron chi connectivity index (χ1n) is 10.4. The number of pyridine rings is 1. The molecule has 0 aliphatic carbocycles. The largest absolute Gasteiger partial charge is 0.314 e. The van der Waals surface area contributed by atoms with Crippen LogP contribution < -0.4 is 5.32 Å². The van der Waals surface area contributed by atoms with E-state index in [2.05, 4.69) is 15.2 Å². The van der Waals surface area contributed by atoms with Crippen LogP contribution in [0.3, 0.4) is 0 Å². The summed E-state index contributed by atoms with van der Waals surface area (Å²) >= 11 is 0. The fourth-order valence-corrected chi connectivity index (χ4v) is 5.72. The highest BCUT2D eigenvalue weighted by Gasteiger charge is 2.46. The molecule has 1 aliphatic heterocycles. The van der Waals surface area contributed by atoms with E-state index in [4.69, 9.17) is 0 Å². The molecule has 1 aliphatic rings. The van der Waals surface area contributed by atoms with Crippen molar-refractivity contribution in [2.75, 3.05) is 39.0 Å². The molecule has 3 rings (SSSR count). The quantitative estimate of drug-likeness (QED) is 0.656. The van der Waals surface area contributed by atoms with Gasteiger partial charge < -0.3 is 5.32 Å². The third-order valence-corrected chi connectivity index (χ3v) is 7.86. The van der Waals surface area contributed by atoms with Crippen LogP contribution in [0.15, 0.2) is 48.7 Å². The van der Waals surface area contributed by atoms with Crippen LogP contribution in [0.25, 0.3) is 0 Å². The van der Waals surface area contributed by atoms with Crippen molar-refractivity contribution in [1.29, 1.82) is 0 Å². The van der Waals surface area contributed by atoms with Crippen LogP contribution in [0.5, 0.6) is 0 Å². The van der Waals surface area contributed by atoms with Gasteiger partial charge in [-0.3, -0.25) is 9.88 Å². The fourth-order valence-electron chi connectivity index (χ4n) is 4.16. The number of aromatic nitrogens is 1. The summed E-state index contributed by atoms with van der Waals surface area (Å²) in [5, 5.41) is 3.35. The van der Waals surface area contributed by atoms with E-state index in [0.717, 1.165) is 37.4 Å². The Morgan fingerprint density at radius 3 is 2.43 bits per heavy atom. The van der Waals surface area contributed by atoms with Gasteiger partial charge in [0.1, 0.15) is 5.82 Å². The lowest BCUT2D eigenvalue weighted by molar-refractivity contribution is -0.00813. The van der Waals surface area contributed by atoms with E-state index in [1.165, 1.54) is 12.1 Å². The van der Waals surface area contributed by atoms with Crippen molar-refractivity contribution in [3.05, 3.63) is 65.7 Å². The lowest BCUT2D eigenvalue weighted by atomic mass is 9.91. The molecule has 0 amide bonds. The molecule has 6 nitrogen and oxygen atoms in total. The van der Waals surface area contributed by atoms with Crippen LogP contribution in [0.1, 0.15) is 24.6 Å². The smallest absolute Gasteiger partial charge is 0.215 e. The van der Waals surface area contributed by atoms with Crippen molar-refractivity contribution in [1.82, 2.24) is 19.5 Å². The van der Waals surface area contributed by atoms with Gasteiger partial charge in [0, 0.05) is 58.0 Å². The molecule has 0 spiro atoms. The number of nitrogens with one attached hydrogen (secondary N) is 1. The number of hydrogen-bond donors (Lipinski definition) is 1. The Balaban J connectivity index is 2.11. The summed E-state index contributed by atoms with van der Waals surface area (Å²) in [6, 6.07) is 12.0. The molecule has 30 heavy (non-hydrogen) atoms. The Hall–Kier alpha value is -1.87. The summed E-state index contributed by atoms with van der Waals surface area (Å²) in [6.07, 6.45) is 3.18. The van der Waals surface area contributed by atoms with Crippen molar-refractivity contribution in [3.63, 3.8) is 0 Å². The van der Waals surface area contributed by atoms with E-state index in [-0.39, 0.29) is 11.6 Å². The van der Waals surface area contributed by atoms with Crippen molar-refractivity contribution in [2.24, 2.45) is 0 Å². The van der Waals surface area contributed by atoms with E-state index in [1.807, 2.05) is 25.1 Å². The summed E-state index contributed by atoms with van der Waals surface area (Å²) in [5.41, 5.74) is 0.892. The number of piperazine rings is 1. The fraction of sp³-hybridized carbons (Fsp3) is 0.500. The van der Waals surface area contributed by atoms with E-state index in [9.17, 15) is 12.8 Å². The van der Waals surface area contributed by atoms with Crippen molar-refractivity contribution in [2.45, 2.75) is 31.8 Å². The van der Waals surface area contributed by atoms with Crippen LogP contribution >= 0.6 is 0 Å². The zero-order chi connectivity index (χ0) is 21.6. The van der Waals surface area contributed by atoms with Gasteiger partial charge in [0.15, 0.2) is 0 Å². The average Bonchev–Trinajstić information content (AvgIpc) is 2.75. The molecule has 0 radical (unpaired) electrons. The molecule has 2 aromatic rings. The van der Waals surface area contributed by atoms with Crippen LogP contribution in [0.4, 0.5) is 4.39 Å². The molecule has 1 fully saturated rings. The zero-order valence-electron chi connectivity index (χ0n) is 17.7. The number of rotatable bonds is 9. The van der Waals surface area contributed by atoms with E-state index in [0.29, 0.717) is 19.3 Å². The minimum Gasteiger partial charge on any atom is -0.314 e. The van der Waals surface area contributed by atoms with Crippen molar-refractivity contribution >= 4 is 10.0 Å². The van der Waals surface area contributed by atoms with Crippen LogP contribution in [0.2, 0.25) is 0 Å². The van der Waals surface area contributed by atoms with Gasteiger partial charge in [0.25, 0.3) is 0 Å². The molecule has 164 valence electrons. The van der Waals surface area contributed by atoms with Gasteiger partial charge in [-0.05, 0) is 36.2 Å². The number of nitrogens with zero attached hydrogens (tertiary/aromatic N) is 3. The topological polar surface area (TPSA) is 65.5 Å². The van der Waals surface area contributed by atoms with Crippen LogP contribution in [-0.4, -0.2) is 67.2 Å². The number of halogens is 1. The molecular weight excluding hydrogens is 403 g/mol. The Bertz CT molecular complexity index is 902. The first-order chi connectivity index (χ1) is 14.4. The minimum absolute atomic E-state index is 0.0863. The zero-order valence-corrected chi connectivity index (χ0v) is 18.5. The predicted molar refractivity (Wildman–Crippen MR) is 117 cm³/mol. The number of sulfonamides is 1. The Kier molecular flexibility index (Phi) is 7.57. The van der Waals surface area contributed by atoms with Gasteiger partial charge in [0.05, 0.1) is 11.4 Å². The van der Waals surface area contributed by atoms with E-state index >= 15 is 0 Å². The lowest BCUT2D eigenvalue weighted by Gasteiger charge is -2.50. The monoisotopic (exact) mass is 434 g/mol. The number of hydrogen-bond acceptors (Lipinski definition) is 5. The highest BCUT2D eigenvalue weighted by atomic mass is 32.2. The summed E-state index contributed by atoms with van der Waals surface area (Å²) in [7, 11) is -1.82. The molecule has 1 aromatic heterocycles. The van der Waals surface area contributed by atoms with Gasteiger partial charge in [-0.2, -0.15) is 4.31 Å². The first kappa shape index (κ1) is 22.8. The summed E-state index contributed by atoms with van der Waals surface area (Å²) in [5.74, 6) is -0.216. The predicted octanol–water partition coefficient (Wildman–Crippen LogP) is 2.28. The molecule has 0 saturated carbocycles. The molecule has 1 unspecified atom stereocenters. The average molecular weight is 435 g/mol. The molecule has 2 heterocycles. The highest BCUT2D eigenvalue weighted by Crippen LogP contribution is 2.32. The molecule has 1 N–H and O–H groups in total. The van der Waals surface area contributed by atoms with Gasteiger partial charge >= 0.3 is 0 Å². The maximum atomic E-state index is 13.5. The SMILES string of the molecule is CCCS(=O)(=O)N(C)C(Cc1ccc(F)cc1)(Cc1ccccn1)N1CCNCC1. The normalized spacial score (nSPS) is 17.7. The highest BCUT2D eigenvalue weighted by molar-refractivity contribution is 7.89. The summed E-state index contributed by atoms with van der Waals surface area (Å²) < 4.78 is 41.6. The molecule has 8 heteroatoms. The standard InChI is InChI=1S/C22H31FN4O2S/c1-3-16-30(28,29)26(2)22(27-14-12-24-13-15-27,18-21-6-4-5-11-25-21)17-19-7-9-20(23)10-8-19/h4-11,24H,3,12-18H2,1-2H3. The molecule has 1 atom stereocenters. The molecule has 1 saturated heterocycles. The maximum absolute atomic E-state index is 13.5. The Morgan fingerprint density at radius 2 is 1.83 bits per heavy atom. The van der Waals surface area contributed by atoms with Gasteiger partial charge in [-0.1, -0.05) is 25.1 Å². The van der Waals surface area contributed by atoms with E-state index < -0.39 is 15.7 Å². The van der Waals surface area contributed by atoms with Gasteiger partial charge in [0.2, 0.25) is 10.0 Å². The third kappa shape index (κ3) is 5.24. The second-order valence-electron chi connectivity index (χ2n) is 7.80. The minimum atomic E-state index is -3.50. The first-order valence-corrected chi connectivity index (χ1v) is 12.0. The van der Waals surface area contributed by atoms with E-state index in [1.54, 1.807) is 29.7 Å². The number of likely N-dealkylation sites (N-methyl/N-ethyl adjacent to an activating group) is 1. The van der Waals surface area contributed by atoms with Crippen molar-refractivity contribution in [3.8, 4) is 0 Å². The molecular formula is C22H31FN4O2S.